The monoisotopic (exact) mass is 425 g/mol. The maximum Gasteiger partial charge on any atom is 0.266 e. The number of ether oxygens (including phenoxy) is 1. The summed E-state index contributed by atoms with van der Waals surface area (Å²) in [4.78, 5) is 12.7. The predicted octanol–water partition coefficient (Wildman–Crippen LogP) is 5.38. The van der Waals surface area contributed by atoms with E-state index in [2.05, 4.69) is 5.32 Å². The average Bonchev–Trinajstić information content (AvgIpc) is 3.16. The van der Waals surface area contributed by atoms with Crippen LogP contribution in [0.5, 0.6) is 5.75 Å². The number of methoxy groups -OCH3 is 1. The highest BCUT2D eigenvalue weighted by Crippen LogP contribution is 2.25. The molecule has 4 rings (SSSR count). The molecule has 5 nitrogen and oxygen atoms in total. The number of benzene rings is 3. The van der Waals surface area contributed by atoms with Gasteiger partial charge in [0.25, 0.3) is 5.91 Å². The molecule has 0 atom stereocenters. The van der Waals surface area contributed by atoms with Crippen LogP contribution >= 0.6 is 0 Å². The van der Waals surface area contributed by atoms with Crippen LogP contribution in [-0.2, 0) is 11.3 Å². The minimum Gasteiger partial charge on any atom is -0.497 e. The molecule has 1 heterocycles. The smallest absolute Gasteiger partial charge is 0.266 e. The quantitative estimate of drug-likeness (QED) is 0.333. The molecule has 0 fully saturated rings. The number of nitriles is 1. The Kier molecular flexibility index (Phi) is 6.00. The second-order valence-electron chi connectivity index (χ2n) is 7.17. The molecule has 0 aliphatic carbocycles. The van der Waals surface area contributed by atoms with E-state index in [-0.39, 0.29) is 11.4 Å². The van der Waals surface area contributed by atoms with Crippen LogP contribution in [0.15, 0.2) is 84.6 Å². The number of halogens is 1. The number of carbonyl (C=O) groups is 1. The summed E-state index contributed by atoms with van der Waals surface area (Å²) in [5.74, 6) is -0.121. The van der Waals surface area contributed by atoms with E-state index in [1.807, 2.05) is 41.1 Å². The Morgan fingerprint density at radius 3 is 2.53 bits per heavy atom. The van der Waals surface area contributed by atoms with Gasteiger partial charge < -0.3 is 14.6 Å². The predicted molar refractivity (Wildman–Crippen MR) is 123 cm³/mol. The number of amides is 1. The van der Waals surface area contributed by atoms with Crippen molar-refractivity contribution < 1.29 is 13.9 Å². The first-order chi connectivity index (χ1) is 15.6. The van der Waals surface area contributed by atoms with E-state index in [1.165, 1.54) is 6.07 Å². The third-order valence-corrected chi connectivity index (χ3v) is 5.13. The molecule has 32 heavy (non-hydrogen) atoms. The highest BCUT2D eigenvalue weighted by atomic mass is 19.1. The summed E-state index contributed by atoms with van der Waals surface area (Å²) in [6.45, 7) is 0.334. The van der Waals surface area contributed by atoms with E-state index < -0.39 is 5.91 Å². The number of fused-ring (bicyclic) bond motifs is 1. The second-order valence-corrected chi connectivity index (χ2v) is 7.17. The van der Waals surface area contributed by atoms with Crippen molar-refractivity contribution in [3.05, 3.63) is 102 Å². The maximum atomic E-state index is 14.2. The lowest BCUT2D eigenvalue weighted by atomic mass is 10.1. The van der Waals surface area contributed by atoms with Gasteiger partial charge in [0.1, 0.15) is 23.2 Å². The number of hydrogen-bond acceptors (Lipinski definition) is 3. The molecule has 0 aliphatic heterocycles. The van der Waals surface area contributed by atoms with Gasteiger partial charge in [-0.25, -0.2) is 4.39 Å². The van der Waals surface area contributed by atoms with Crippen molar-refractivity contribution in [1.82, 2.24) is 4.57 Å². The van der Waals surface area contributed by atoms with Crippen molar-refractivity contribution >= 4 is 28.6 Å². The molecule has 0 aliphatic rings. The Morgan fingerprint density at radius 1 is 1.09 bits per heavy atom. The Labute approximate surface area is 185 Å². The molecule has 4 aromatic rings. The van der Waals surface area contributed by atoms with Crippen LogP contribution in [0.4, 0.5) is 10.1 Å². The van der Waals surface area contributed by atoms with Crippen LogP contribution in [0.3, 0.4) is 0 Å². The van der Waals surface area contributed by atoms with Crippen molar-refractivity contribution in [2.75, 3.05) is 12.4 Å². The van der Waals surface area contributed by atoms with Crippen molar-refractivity contribution in [1.29, 1.82) is 5.26 Å². The fourth-order valence-electron chi connectivity index (χ4n) is 3.51. The molecule has 0 saturated carbocycles. The summed E-state index contributed by atoms with van der Waals surface area (Å²) in [7, 11) is 1.56. The molecule has 6 heteroatoms. The minimum absolute atomic E-state index is 0.0328. The number of anilines is 1. The largest absolute Gasteiger partial charge is 0.497 e. The van der Waals surface area contributed by atoms with Gasteiger partial charge in [-0.2, -0.15) is 5.26 Å². The fourth-order valence-corrected chi connectivity index (χ4v) is 3.51. The lowest BCUT2D eigenvalue weighted by molar-refractivity contribution is -0.112. The van der Waals surface area contributed by atoms with Crippen LogP contribution in [0.25, 0.3) is 17.0 Å². The summed E-state index contributed by atoms with van der Waals surface area (Å²) in [6, 6.07) is 23.1. The number of hydrogen-bond donors (Lipinski definition) is 1. The Hall–Kier alpha value is -4.37. The summed E-state index contributed by atoms with van der Waals surface area (Å²) in [6.07, 6.45) is 3.38. The van der Waals surface area contributed by atoms with Crippen LogP contribution < -0.4 is 10.1 Å². The third kappa shape index (κ3) is 4.37. The molecule has 1 aromatic heterocycles. The fraction of sp³-hybridized carbons (Fsp3) is 0.0769. The third-order valence-electron chi connectivity index (χ3n) is 5.13. The number of aromatic nitrogens is 1. The highest BCUT2D eigenvalue weighted by Gasteiger charge is 2.14. The van der Waals surface area contributed by atoms with E-state index in [0.29, 0.717) is 29.1 Å². The Morgan fingerprint density at radius 2 is 1.81 bits per heavy atom. The molecule has 158 valence electrons. The molecule has 0 radical (unpaired) electrons. The number of carbonyl (C=O) groups excluding carboxylic acids is 1. The van der Waals surface area contributed by atoms with Crippen LogP contribution in [-0.4, -0.2) is 17.6 Å². The molecule has 0 saturated heterocycles. The zero-order valence-corrected chi connectivity index (χ0v) is 17.4. The molecular formula is C26H20FN3O2. The zero-order chi connectivity index (χ0) is 22.5. The topological polar surface area (TPSA) is 67.0 Å². The molecule has 0 spiro atoms. The number of rotatable bonds is 6. The number of nitrogens with one attached hydrogen (secondary N) is 1. The average molecular weight is 425 g/mol. The minimum atomic E-state index is -0.511. The summed E-state index contributed by atoms with van der Waals surface area (Å²) >= 11 is 0. The standard InChI is InChI=1S/C26H20FN3O2/c1-32-22-12-10-21(11-13-22)29-26(31)19(15-28)14-20-17-30(25-9-5-3-7-23(20)25)16-18-6-2-4-8-24(18)27/h2-14,17H,16H2,1H3,(H,29,31)/b19-14+. The van der Waals surface area contributed by atoms with Gasteiger partial charge in [0, 0.05) is 33.9 Å². The normalized spacial score (nSPS) is 11.2. The molecule has 1 amide bonds. The van der Waals surface area contributed by atoms with Gasteiger partial charge in [-0.15, -0.1) is 0 Å². The SMILES string of the molecule is COc1ccc(NC(=O)/C(C#N)=C/c2cn(Cc3ccccc3F)c3ccccc23)cc1. The van der Waals surface area contributed by atoms with Gasteiger partial charge in [0.05, 0.1) is 13.7 Å². The van der Waals surface area contributed by atoms with E-state index in [9.17, 15) is 14.4 Å². The second kappa shape index (κ2) is 9.19. The van der Waals surface area contributed by atoms with Crippen LogP contribution in [0.1, 0.15) is 11.1 Å². The first-order valence-electron chi connectivity index (χ1n) is 9.97. The summed E-state index contributed by atoms with van der Waals surface area (Å²) in [5.41, 5.74) is 2.67. The zero-order valence-electron chi connectivity index (χ0n) is 17.4. The highest BCUT2D eigenvalue weighted by molar-refractivity contribution is 6.10. The van der Waals surface area contributed by atoms with E-state index in [4.69, 9.17) is 4.74 Å². The van der Waals surface area contributed by atoms with Crippen molar-refractivity contribution in [3.63, 3.8) is 0 Å². The van der Waals surface area contributed by atoms with Gasteiger partial charge in [-0.3, -0.25) is 4.79 Å². The molecule has 1 N–H and O–H groups in total. The van der Waals surface area contributed by atoms with Crippen LogP contribution in [0, 0.1) is 17.1 Å². The van der Waals surface area contributed by atoms with Gasteiger partial charge >= 0.3 is 0 Å². The van der Waals surface area contributed by atoms with Gasteiger partial charge in [0.2, 0.25) is 0 Å². The first-order valence-corrected chi connectivity index (χ1v) is 9.97. The van der Waals surface area contributed by atoms with Crippen molar-refractivity contribution in [2.24, 2.45) is 0 Å². The number of nitrogens with zero attached hydrogens (tertiary/aromatic N) is 2. The molecule has 0 bridgehead atoms. The van der Waals surface area contributed by atoms with Gasteiger partial charge in [-0.1, -0.05) is 36.4 Å². The summed E-state index contributed by atoms with van der Waals surface area (Å²) < 4.78 is 21.2. The maximum absolute atomic E-state index is 14.2. The Bertz CT molecular complexity index is 1350. The van der Waals surface area contributed by atoms with Gasteiger partial charge in [-0.05, 0) is 42.5 Å². The van der Waals surface area contributed by atoms with Crippen molar-refractivity contribution in [3.8, 4) is 11.8 Å². The molecule has 0 unspecified atom stereocenters. The van der Waals surface area contributed by atoms with E-state index >= 15 is 0 Å². The van der Waals surface area contributed by atoms with E-state index in [1.54, 1.807) is 55.7 Å². The lowest BCUT2D eigenvalue weighted by Crippen LogP contribution is -2.13. The van der Waals surface area contributed by atoms with Crippen LogP contribution in [0.2, 0.25) is 0 Å². The first kappa shape index (κ1) is 20.9. The van der Waals surface area contributed by atoms with Crippen molar-refractivity contribution in [2.45, 2.75) is 6.54 Å². The van der Waals surface area contributed by atoms with E-state index in [0.717, 1.165) is 10.9 Å². The van der Waals surface area contributed by atoms with Gasteiger partial charge in [0.15, 0.2) is 0 Å². The Balaban J connectivity index is 1.66. The lowest BCUT2D eigenvalue weighted by Gasteiger charge is -2.06. The molecule has 3 aromatic carbocycles. The number of para-hydroxylation sites is 1. The molecular weight excluding hydrogens is 405 g/mol. The summed E-state index contributed by atoms with van der Waals surface area (Å²) in [5, 5.41) is 13.2.